The number of rotatable bonds is 6. The molecule has 0 saturated carbocycles. The van der Waals surface area contributed by atoms with Crippen LogP contribution in [0.5, 0.6) is 0 Å². The van der Waals surface area contributed by atoms with Crippen LogP contribution in [0.4, 0.5) is 0 Å². The predicted molar refractivity (Wildman–Crippen MR) is 79.2 cm³/mol. The van der Waals surface area contributed by atoms with Crippen molar-refractivity contribution in [1.82, 2.24) is 14.7 Å². The molecule has 1 aliphatic heterocycles. The Morgan fingerprint density at radius 1 is 1.38 bits per heavy atom. The molecule has 1 aromatic rings. The summed E-state index contributed by atoms with van der Waals surface area (Å²) in [5, 5.41) is 13.1. The number of carbonyl (C=O) groups is 1. The molecule has 6 heteroatoms. The van der Waals surface area contributed by atoms with E-state index in [0.29, 0.717) is 6.61 Å². The zero-order valence-electron chi connectivity index (χ0n) is 13.1. The van der Waals surface area contributed by atoms with Gasteiger partial charge in [-0.25, -0.2) is 0 Å². The van der Waals surface area contributed by atoms with Crippen molar-refractivity contribution in [3.05, 3.63) is 17.0 Å². The molecule has 2 heterocycles. The van der Waals surface area contributed by atoms with Gasteiger partial charge in [0.2, 0.25) is 0 Å². The highest BCUT2D eigenvalue weighted by Crippen LogP contribution is 2.19. The number of aryl methyl sites for hydroxylation is 2. The Kier molecular flexibility index (Phi) is 5.36. The lowest BCUT2D eigenvalue weighted by Crippen LogP contribution is -2.37. The molecule has 1 aliphatic rings. The van der Waals surface area contributed by atoms with Gasteiger partial charge in [-0.2, -0.15) is 5.10 Å². The molecule has 0 radical (unpaired) electrons. The number of aromatic nitrogens is 2. The van der Waals surface area contributed by atoms with E-state index >= 15 is 0 Å². The van der Waals surface area contributed by atoms with Crippen LogP contribution >= 0.6 is 0 Å². The fourth-order valence-corrected chi connectivity index (χ4v) is 2.82. The van der Waals surface area contributed by atoms with Crippen molar-refractivity contribution in [1.29, 1.82) is 0 Å². The van der Waals surface area contributed by atoms with Gasteiger partial charge in [0, 0.05) is 37.9 Å². The van der Waals surface area contributed by atoms with Gasteiger partial charge in [-0.1, -0.05) is 0 Å². The van der Waals surface area contributed by atoms with Gasteiger partial charge in [0.1, 0.15) is 0 Å². The normalized spacial score (nSPS) is 17.3. The maximum absolute atomic E-state index is 10.5. The van der Waals surface area contributed by atoms with E-state index in [2.05, 4.69) is 23.8 Å². The fourth-order valence-electron chi connectivity index (χ4n) is 2.82. The van der Waals surface area contributed by atoms with Crippen molar-refractivity contribution in [2.45, 2.75) is 45.8 Å². The number of ether oxygens (including phenoxy) is 1. The summed E-state index contributed by atoms with van der Waals surface area (Å²) in [6.45, 7) is 7.41. The lowest BCUT2D eigenvalue weighted by molar-refractivity contribution is -0.138. The summed E-state index contributed by atoms with van der Waals surface area (Å²) in [4.78, 5) is 12.9. The van der Waals surface area contributed by atoms with E-state index in [1.807, 2.05) is 11.7 Å². The molecule has 2 rings (SSSR count). The molecular formula is C15H25N3O3. The van der Waals surface area contributed by atoms with Crippen LogP contribution in [-0.4, -0.2) is 51.6 Å². The summed E-state index contributed by atoms with van der Waals surface area (Å²) < 4.78 is 7.56. The second-order valence-electron chi connectivity index (χ2n) is 5.76. The zero-order valence-corrected chi connectivity index (χ0v) is 13.1. The molecule has 1 aromatic heterocycles. The van der Waals surface area contributed by atoms with Gasteiger partial charge in [-0.3, -0.25) is 14.4 Å². The summed E-state index contributed by atoms with van der Waals surface area (Å²) in [7, 11) is 1.98. The molecule has 0 amide bonds. The van der Waals surface area contributed by atoms with E-state index in [9.17, 15) is 4.79 Å². The van der Waals surface area contributed by atoms with Gasteiger partial charge in [0.05, 0.1) is 24.8 Å². The van der Waals surface area contributed by atoms with Crippen molar-refractivity contribution in [3.63, 3.8) is 0 Å². The molecule has 0 aliphatic carbocycles. The SMILES string of the molecule is Cc1nn(C)c(C)c1CN1CCC(OCCC(=O)O)CC1. The molecule has 21 heavy (non-hydrogen) atoms. The van der Waals surface area contributed by atoms with E-state index < -0.39 is 5.97 Å². The highest BCUT2D eigenvalue weighted by Gasteiger charge is 2.21. The number of aliphatic carboxylic acids is 1. The summed E-state index contributed by atoms with van der Waals surface area (Å²) in [6.07, 6.45) is 2.24. The van der Waals surface area contributed by atoms with Crippen LogP contribution < -0.4 is 0 Å². The van der Waals surface area contributed by atoms with Crippen LogP contribution in [0.15, 0.2) is 0 Å². The first-order valence-corrected chi connectivity index (χ1v) is 7.52. The lowest BCUT2D eigenvalue weighted by atomic mass is 10.1. The van der Waals surface area contributed by atoms with E-state index in [-0.39, 0.29) is 12.5 Å². The minimum Gasteiger partial charge on any atom is -0.481 e. The number of hydrogen-bond donors (Lipinski definition) is 1. The van der Waals surface area contributed by atoms with Crippen molar-refractivity contribution in [2.24, 2.45) is 7.05 Å². The molecule has 0 aromatic carbocycles. The Labute approximate surface area is 125 Å². The zero-order chi connectivity index (χ0) is 15.4. The number of piperidine rings is 1. The Balaban J connectivity index is 1.77. The van der Waals surface area contributed by atoms with E-state index in [0.717, 1.165) is 38.2 Å². The molecule has 1 saturated heterocycles. The monoisotopic (exact) mass is 295 g/mol. The van der Waals surface area contributed by atoms with Crippen LogP contribution in [0.2, 0.25) is 0 Å². The third-order valence-electron chi connectivity index (χ3n) is 4.24. The standard InChI is InChI=1S/C15H25N3O3/c1-11-14(12(2)17(3)16-11)10-18-7-4-13(5-8-18)21-9-6-15(19)20/h13H,4-10H2,1-3H3,(H,19,20). The van der Waals surface area contributed by atoms with Crippen molar-refractivity contribution >= 4 is 5.97 Å². The Hall–Kier alpha value is -1.40. The van der Waals surface area contributed by atoms with E-state index in [4.69, 9.17) is 9.84 Å². The smallest absolute Gasteiger partial charge is 0.305 e. The molecule has 0 unspecified atom stereocenters. The van der Waals surface area contributed by atoms with Gasteiger partial charge in [0.15, 0.2) is 0 Å². The van der Waals surface area contributed by atoms with Gasteiger partial charge >= 0.3 is 5.97 Å². The third-order valence-corrected chi connectivity index (χ3v) is 4.24. The first kappa shape index (κ1) is 16.0. The molecule has 0 bridgehead atoms. The Morgan fingerprint density at radius 3 is 2.57 bits per heavy atom. The second-order valence-corrected chi connectivity index (χ2v) is 5.76. The van der Waals surface area contributed by atoms with Gasteiger partial charge in [0.25, 0.3) is 0 Å². The van der Waals surface area contributed by atoms with Crippen LogP contribution in [0.25, 0.3) is 0 Å². The van der Waals surface area contributed by atoms with Crippen molar-refractivity contribution in [2.75, 3.05) is 19.7 Å². The fraction of sp³-hybridized carbons (Fsp3) is 0.733. The average Bonchev–Trinajstić information content (AvgIpc) is 2.67. The van der Waals surface area contributed by atoms with Crippen molar-refractivity contribution < 1.29 is 14.6 Å². The van der Waals surface area contributed by atoms with E-state index in [1.165, 1.54) is 11.3 Å². The first-order chi connectivity index (χ1) is 9.97. The second kappa shape index (κ2) is 7.04. The molecule has 118 valence electrons. The van der Waals surface area contributed by atoms with E-state index in [1.54, 1.807) is 0 Å². The molecular weight excluding hydrogens is 270 g/mol. The lowest BCUT2D eigenvalue weighted by Gasteiger charge is -2.31. The minimum absolute atomic E-state index is 0.0916. The maximum Gasteiger partial charge on any atom is 0.305 e. The highest BCUT2D eigenvalue weighted by atomic mass is 16.5. The number of carboxylic acids is 1. The summed E-state index contributed by atoms with van der Waals surface area (Å²) in [6, 6.07) is 0. The van der Waals surface area contributed by atoms with Crippen LogP contribution in [0.3, 0.4) is 0 Å². The number of hydrogen-bond acceptors (Lipinski definition) is 4. The van der Waals surface area contributed by atoms with Crippen LogP contribution in [0.1, 0.15) is 36.2 Å². The molecule has 0 spiro atoms. The summed E-state index contributed by atoms with van der Waals surface area (Å²) >= 11 is 0. The first-order valence-electron chi connectivity index (χ1n) is 7.52. The largest absolute Gasteiger partial charge is 0.481 e. The van der Waals surface area contributed by atoms with Crippen LogP contribution in [-0.2, 0) is 23.1 Å². The third kappa shape index (κ3) is 4.28. The molecule has 1 fully saturated rings. The predicted octanol–water partition coefficient (Wildman–Crippen LogP) is 1.49. The summed E-state index contributed by atoms with van der Waals surface area (Å²) in [5.74, 6) is -0.796. The van der Waals surface area contributed by atoms with Gasteiger partial charge < -0.3 is 9.84 Å². The number of likely N-dealkylation sites (tertiary alicyclic amines) is 1. The average molecular weight is 295 g/mol. The van der Waals surface area contributed by atoms with Crippen molar-refractivity contribution in [3.8, 4) is 0 Å². The summed E-state index contributed by atoms with van der Waals surface area (Å²) in [5.41, 5.74) is 3.66. The quantitative estimate of drug-likeness (QED) is 0.861. The van der Waals surface area contributed by atoms with Crippen LogP contribution in [0, 0.1) is 13.8 Å². The molecule has 6 nitrogen and oxygen atoms in total. The highest BCUT2D eigenvalue weighted by molar-refractivity contribution is 5.66. The molecule has 0 atom stereocenters. The van der Waals surface area contributed by atoms with Gasteiger partial charge in [-0.15, -0.1) is 0 Å². The van der Waals surface area contributed by atoms with Gasteiger partial charge in [-0.05, 0) is 26.7 Å². The number of nitrogens with zero attached hydrogens (tertiary/aromatic N) is 3. The number of carboxylic acid groups (broad SMARTS) is 1. The maximum atomic E-state index is 10.5. The molecule has 1 N–H and O–H groups in total. The topological polar surface area (TPSA) is 67.6 Å². The Morgan fingerprint density at radius 2 is 2.05 bits per heavy atom. The Bertz CT molecular complexity index is 491. The minimum atomic E-state index is -0.796.